The summed E-state index contributed by atoms with van der Waals surface area (Å²) in [5, 5.41) is 8.78. The topological polar surface area (TPSA) is 46.5 Å². The molecule has 0 aromatic heterocycles. The van der Waals surface area contributed by atoms with E-state index in [1.165, 1.54) is 13.8 Å². The highest BCUT2D eigenvalue weighted by Crippen LogP contribution is 2.18. The molecular weight excluding hydrogens is 211 g/mol. The van der Waals surface area contributed by atoms with Gasteiger partial charge in [0.05, 0.1) is 12.2 Å². The number of aliphatic hydroxyl groups is 1. The van der Waals surface area contributed by atoms with Crippen molar-refractivity contribution in [3.05, 3.63) is 35.9 Å². The maximum Gasteiger partial charge on any atom is 0.338 e. The predicted octanol–water partition coefficient (Wildman–Crippen LogP) is 1.95. The first kappa shape index (κ1) is 12.6. The van der Waals surface area contributed by atoms with Crippen LogP contribution in [0.25, 0.3) is 0 Å². The van der Waals surface area contributed by atoms with Gasteiger partial charge in [-0.3, -0.25) is 0 Å². The number of esters is 1. The molecule has 0 heterocycles. The second kappa shape index (κ2) is 5.07. The summed E-state index contributed by atoms with van der Waals surface area (Å²) in [4.78, 5) is 11.5. The molecule has 0 aliphatic rings. The first-order chi connectivity index (χ1) is 7.47. The van der Waals surface area contributed by atoms with Crippen LogP contribution in [-0.2, 0) is 4.74 Å². The largest absolute Gasteiger partial charge is 0.456 e. The van der Waals surface area contributed by atoms with Gasteiger partial charge in [-0.1, -0.05) is 18.2 Å². The van der Waals surface area contributed by atoms with Crippen molar-refractivity contribution in [3.8, 4) is 0 Å². The van der Waals surface area contributed by atoms with Crippen LogP contribution in [0.4, 0.5) is 4.39 Å². The maximum absolute atomic E-state index is 13.6. The van der Waals surface area contributed by atoms with Crippen LogP contribution in [0, 0.1) is 0 Å². The summed E-state index contributed by atoms with van der Waals surface area (Å²) < 4.78 is 18.5. The van der Waals surface area contributed by atoms with E-state index in [1.807, 2.05) is 0 Å². The Hall–Kier alpha value is -1.42. The van der Waals surface area contributed by atoms with Crippen molar-refractivity contribution in [2.75, 3.05) is 6.61 Å². The maximum atomic E-state index is 13.6. The van der Waals surface area contributed by atoms with Crippen molar-refractivity contribution >= 4 is 5.97 Å². The third kappa shape index (κ3) is 3.03. The number of carbonyl (C=O) groups excluding carboxylic acids is 1. The van der Waals surface area contributed by atoms with E-state index in [4.69, 9.17) is 9.84 Å². The van der Waals surface area contributed by atoms with Gasteiger partial charge in [0.1, 0.15) is 6.10 Å². The molecule has 1 aromatic rings. The number of halogens is 1. The van der Waals surface area contributed by atoms with Crippen molar-refractivity contribution in [2.45, 2.75) is 25.6 Å². The van der Waals surface area contributed by atoms with E-state index in [1.54, 1.807) is 30.3 Å². The molecule has 1 N–H and O–H groups in total. The van der Waals surface area contributed by atoms with E-state index in [2.05, 4.69) is 0 Å². The molecule has 0 unspecified atom stereocenters. The van der Waals surface area contributed by atoms with Crippen LogP contribution in [0.5, 0.6) is 0 Å². The van der Waals surface area contributed by atoms with E-state index in [9.17, 15) is 9.18 Å². The minimum Gasteiger partial charge on any atom is -0.456 e. The lowest BCUT2D eigenvalue weighted by atomic mass is 10.0. The number of aliphatic hydroxyl groups excluding tert-OH is 1. The Labute approximate surface area is 93.9 Å². The first-order valence-electron chi connectivity index (χ1n) is 5.03. The molecule has 0 saturated heterocycles. The summed E-state index contributed by atoms with van der Waals surface area (Å²) in [5.74, 6) is -0.592. The zero-order valence-corrected chi connectivity index (χ0v) is 9.31. The second-order valence-corrected chi connectivity index (χ2v) is 3.85. The molecule has 0 amide bonds. The molecule has 0 spiro atoms. The molecule has 0 radical (unpaired) electrons. The number of carbonyl (C=O) groups is 1. The zero-order valence-electron chi connectivity index (χ0n) is 9.31. The van der Waals surface area contributed by atoms with Gasteiger partial charge in [0.15, 0.2) is 5.67 Å². The fourth-order valence-electron chi connectivity index (χ4n) is 1.05. The van der Waals surface area contributed by atoms with Crippen molar-refractivity contribution in [1.82, 2.24) is 0 Å². The normalized spacial score (nSPS) is 16.2. The Kier molecular flexibility index (Phi) is 4.01. The van der Waals surface area contributed by atoms with Gasteiger partial charge in [0, 0.05) is 0 Å². The van der Waals surface area contributed by atoms with E-state index in [0.717, 1.165) is 0 Å². The Balaban J connectivity index is 2.66. The molecule has 0 aliphatic heterocycles. The fraction of sp³-hybridized carbons (Fsp3) is 0.417. The summed E-state index contributed by atoms with van der Waals surface area (Å²) in [6.45, 7) is 1.92. The Morgan fingerprint density at radius 1 is 1.50 bits per heavy atom. The third-order valence-corrected chi connectivity index (χ3v) is 2.45. The van der Waals surface area contributed by atoms with Crippen LogP contribution in [-0.4, -0.2) is 29.5 Å². The number of benzene rings is 1. The van der Waals surface area contributed by atoms with E-state index < -0.39 is 24.3 Å². The lowest BCUT2D eigenvalue weighted by molar-refractivity contribution is -0.0439. The molecule has 4 heteroatoms. The van der Waals surface area contributed by atoms with Gasteiger partial charge in [-0.05, 0) is 26.0 Å². The molecular formula is C12H15FO3. The molecule has 1 rings (SSSR count). The molecule has 3 nitrogen and oxygen atoms in total. The average Bonchev–Trinajstić information content (AvgIpc) is 2.30. The zero-order chi connectivity index (χ0) is 12.2. The molecule has 0 fully saturated rings. The smallest absolute Gasteiger partial charge is 0.338 e. The molecule has 0 saturated carbocycles. The van der Waals surface area contributed by atoms with Gasteiger partial charge in [-0.15, -0.1) is 0 Å². The van der Waals surface area contributed by atoms with Gasteiger partial charge in [0.25, 0.3) is 0 Å². The van der Waals surface area contributed by atoms with Crippen LogP contribution in [0.15, 0.2) is 30.3 Å². The summed E-state index contributed by atoms with van der Waals surface area (Å²) in [7, 11) is 0. The fourth-order valence-corrected chi connectivity index (χ4v) is 1.05. The standard InChI is InChI=1S/C12H15FO3/c1-9(12(2,13)8-14)16-11(15)10-6-4-3-5-7-10/h3-7,9,14H,8H2,1-2H3/t9-,12-/m1/s1. The van der Waals surface area contributed by atoms with Gasteiger partial charge in [-0.25, -0.2) is 9.18 Å². The average molecular weight is 226 g/mol. The van der Waals surface area contributed by atoms with Gasteiger partial charge in [0.2, 0.25) is 0 Å². The molecule has 88 valence electrons. The van der Waals surface area contributed by atoms with Crippen molar-refractivity contribution in [2.24, 2.45) is 0 Å². The quantitative estimate of drug-likeness (QED) is 0.798. The highest BCUT2D eigenvalue weighted by Gasteiger charge is 2.33. The van der Waals surface area contributed by atoms with Crippen LogP contribution in [0.1, 0.15) is 24.2 Å². The molecule has 2 atom stereocenters. The number of rotatable bonds is 4. The van der Waals surface area contributed by atoms with E-state index in [0.29, 0.717) is 5.56 Å². The summed E-state index contributed by atoms with van der Waals surface area (Å²) in [6.07, 6.45) is -0.995. The molecule has 1 aromatic carbocycles. The van der Waals surface area contributed by atoms with Crippen LogP contribution in [0.2, 0.25) is 0 Å². The van der Waals surface area contributed by atoms with Gasteiger partial charge in [-0.2, -0.15) is 0 Å². The van der Waals surface area contributed by atoms with Crippen LogP contribution < -0.4 is 0 Å². The lowest BCUT2D eigenvalue weighted by Gasteiger charge is -2.25. The first-order valence-corrected chi connectivity index (χ1v) is 5.03. The highest BCUT2D eigenvalue weighted by atomic mass is 19.1. The van der Waals surface area contributed by atoms with Crippen LogP contribution in [0.3, 0.4) is 0 Å². The summed E-state index contributed by atoms with van der Waals surface area (Å²) in [6, 6.07) is 8.34. The van der Waals surface area contributed by atoms with Crippen LogP contribution >= 0.6 is 0 Å². The third-order valence-electron chi connectivity index (χ3n) is 2.45. The SMILES string of the molecule is C[C@@H](OC(=O)c1ccccc1)[C@](C)(F)CO. The Morgan fingerprint density at radius 3 is 2.56 bits per heavy atom. The van der Waals surface area contributed by atoms with Gasteiger partial charge >= 0.3 is 5.97 Å². The number of hydrogen-bond donors (Lipinski definition) is 1. The second-order valence-electron chi connectivity index (χ2n) is 3.85. The Morgan fingerprint density at radius 2 is 2.06 bits per heavy atom. The predicted molar refractivity (Wildman–Crippen MR) is 57.9 cm³/mol. The minimum atomic E-state index is -1.93. The monoisotopic (exact) mass is 226 g/mol. The van der Waals surface area contributed by atoms with Gasteiger partial charge < -0.3 is 9.84 Å². The van der Waals surface area contributed by atoms with E-state index in [-0.39, 0.29) is 0 Å². The molecule has 0 aliphatic carbocycles. The Bertz CT molecular complexity index is 349. The summed E-state index contributed by atoms with van der Waals surface area (Å²) in [5.41, 5.74) is -1.56. The highest BCUT2D eigenvalue weighted by molar-refractivity contribution is 5.89. The number of alkyl halides is 1. The minimum absolute atomic E-state index is 0.364. The van der Waals surface area contributed by atoms with Crippen molar-refractivity contribution in [3.63, 3.8) is 0 Å². The lowest BCUT2D eigenvalue weighted by Crippen LogP contribution is -2.39. The number of ether oxygens (including phenoxy) is 1. The molecule has 0 bridgehead atoms. The van der Waals surface area contributed by atoms with Crippen molar-refractivity contribution < 1.29 is 19.0 Å². The number of hydrogen-bond acceptors (Lipinski definition) is 3. The molecule has 16 heavy (non-hydrogen) atoms. The van der Waals surface area contributed by atoms with Crippen molar-refractivity contribution in [1.29, 1.82) is 0 Å². The summed E-state index contributed by atoms with van der Waals surface area (Å²) >= 11 is 0. The van der Waals surface area contributed by atoms with E-state index >= 15 is 0 Å².